The van der Waals surface area contributed by atoms with Gasteiger partial charge in [0.1, 0.15) is 0 Å². The predicted octanol–water partition coefficient (Wildman–Crippen LogP) is 2.14. The highest BCUT2D eigenvalue weighted by Gasteiger charge is 2.30. The summed E-state index contributed by atoms with van der Waals surface area (Å²) >= 11 is 0. The number of hydrogen-bond acceptors (Lipinski definition) is 4. The number of fused-ring (bicyclic) bond motifs is 1. The van der Waals surface area contributed by atoms with Crippen molar-refractivity contribution in [2.24, 2.45) is 0 Å². The minimum absolute atomic E-state index is 0.109. The molecule has 1 atom stereocenters. The van der Waals surface area contributed by atoms with E-state index in [4.69, 9.17) is 0 Å². The largest absolute Gasteiger partial charge is 0.347 e. The molecule has 1 N–H and O–H groups in total. The maximum atomic E-state index is 12.5. The van der Waals surface area contributed by atoms with Gasteiger partial charge >= 0.3 is 0 Å². The second-order valence-corrected chi connectivity index (χ2v) is 6.74. The third-order valence-electron chi connectivity index (χ3n) is 4.78. The Morgan fingerprint density at radius 1 is 1.30 bits per heavy atom. The van der Waals surface area contributed by atoms with Crippen LogP contribution >= 0.6 is 0 Å². The topological polar surface area (TPSA) is 79.6 Å². The van der Waals surface area contributed by atoms with Crippen LogP contribution in [0.3, 0.4) is 0 Å². The van der Waals surface area contributed by atoms with E-state index < -0.39 is 0 Å². The number of likely N-dealkylation sites (tertiary alicyclic amines) is 1. The van der Waals surface area contributed by atoms with E-state index >= 15 is 0 Å². The maximum Gasteiger partial charge on any atom is 0.251 e. The molecule has 0 radical (unpaired) electrons. The minimum Gasteiger partial charge on any atom is -0.347 e. The first-order valence-corrected chi connectivity index (χ1v) is 9.13. The number of nitrogens with zero attached hydrogens (tertiary/aromatic N) is 4. The highest BCUT2D eigenvalue weighted by Crippen LogP contribution is 2.23. The second-order valence-electron chi connectivity index (χ2n) is 6.74. The van der Waals surface area contributed by atoms with Crippen LogP contribution in [0.4, 0.5) is 0 Å². The van der Waals surface area contributed by atoms with E-state index in [0.717, 1.165) is 29.7 Å². The lowest BCUT2D eigenvalue weighted by Crippen LogP contribution is -2.37. The smallest absolute Gasteiger partial charge is 0.251 e. The molecule has 4 rings (SSSR count). The van der Waals surface area contributed by atoms with Crippen LogP contribution in [-0.4, -0.2) is 50.4 Å². The number of aromatic nitrogens is 3. The number of hydrogen-bond donors (Lipinski definition) is 1. The molecule has 2 amide bonds. The van der Waals surface area contributed by atoms with Crippen molar-refractivity contribution >= 4 is 17.5 Å². The molecule has 1 aliphatic rings. The molecule has 1 fully saturated rings. The normalized spacial score (nSPS) is 16.9. The summed E-state index contributed by atoms with van der Waals surface area (Å²) in [7, 11) is 0. The summed E-state index contributed by atoms with van der Waals surface area (Å²) in [6, 6.07) is 9.07. The van der Waals surface area contributed by atoms with E-state index in [-0.39, 0.29) is 17.9 Å². The maximum absolute atomic E-state index is 12.5. The molecule has 3 heterocycles. The Morgan fingerprint density at radius 2 is 2.11 bits per heavy atom. The molecular weight excluding hydrogens is 342 g/mol. The number of carbonyl (C=O) groups excluding carboxylic acids is 2. The standard InChI is InChI=1S/C20H21N5O2/c1-2-9-24-13-16(11-18(24)26)23-20(27)15-6-4-14(5-7-15)17-12-22-25-10-3-8-21-19(17)25/h3-8,10,12,16H,2,9,11,13H2,1H3,(H,23,27). The summed E-state index contributed by atoms with van der Waals surface area (Å²) in [6.45, 7) is 3.37. The van der Waals surface area contributed by atoms with Crippen molar-refractivity contribution in [3.8, 4) is 11.1 Å². The lowest BCUT2D eigenvalue weighted by atomic mass is 10.1. The van der Waals surface area contributed by atoms with Crippen LogP contribution in [0.25, 0.3) is 16.8 Å². The molecule has 0 aliphatic carbocycles. The molecule has 0 saturated carbocycles. The van der Waals surface area contributed by atoms with Crippen LogP contribution in [0.1, 0.15) is 30.1 Å². The highest BCUT2D eigenvalue weighted by atomic mass is 16.2. The third kappa shape index (κ3) is 3.40. The van der Waals surface area contributed by atoms with Gasteiger partial charge in [-0.3, -0.25) is 9.59 Å². The van der Waals surface area contributed by atoms with E-state index in [1.165, 1.54) is 0 Å². The summed E-state index contributed by atoms with van der Waals surface area (Å²) in [5.41, 5.74) is 3.21. The Balaban J connectivity index is 1.46. The molecule has 0 spiro atoms. The Labute approximate surface area is 157 Å². The summed E-state index contributed by atoms with van der Waals surface area (Å²) in [5.74, 6) is -0.0474. The summed E-state index contributed by atoms with van der Waals surface area (Å²) in [6.07, 6.45) is 6.64. The van der Waals surface area contributed by atoms with Gasteiger partial charge in [0, 0.05) is 43.0 Å². The van der Waals surface area contributed by atoms with E-state index in [0.29, 0.717) is 18.5 Å². The van der Waals surface area contributed by atoms with Gasteiger partial charge in [-0.1, -0.05) is 19.1 Å². The fourth-order valence-corrected chi connectivity index (χ4v) is 3.46. The average molecular weight is 363 g/mol. The highest BCUT2D eigenvalue weighted by molar-refractivity contribution is 5.95. The predicted molar refractivity (Wildman–Crippen MR) is 101 cm³/mol. The number of amides is 2. The quantitative estimate of drug-likeness (QED) is 0.753. The molecule has 2 aromatic heterocycles. The molecule has 1 aromatic carbocycles. The van der Waals surface area contributed by atoms with E-state index in [2.05, 4.69) is 15.4 Å². The lowest BCUT2D eigenvalue weighted by molar-refractivity contribution is -0.127. The second kappa shape index (κ2) is 7.19. The zero-order chi connectivity index (χ0) is 18.8. The fraction of sp³-hybridized carbons (Fsp3) is 0.300. The first-order chi connectivity index (χ1) is 13.2. The first kappa shape index (κ1) is 17.2. The number of nitrogens with one attached hydrogen (secondary N) is 1. The Hall–Kier alpha value is -3.22. The molecule has 1 unspecified atom stereocenters. The molecule has 0 bridgehead atoms. The minimum atomic E-state index is -0.157. The van der Waals surface area contributed by atoms with Crippen molar-refractivity contribution in [1.82, 2.24) is 24.8 Å². The van der Waals surface area contributed by atoms with Gasteiger partial charge in [-0.05, 0) is 30.2 Å². The van der Waals surface area contributed by atoms with E-state index in [1.807, 2.05) is 36.2 Å². The van der Waals surface area contributed by atoms with Gasteiger partial charge in [-0.25, -0.2) is 9.50 Å². The van der Waals surface area contributed by atoms with Crippen LogP contribution in [0, 0.1) is 0 Å². The van der Waals surface area contributed by atoms with Crippen LogP contribution in [0.15, 0.2) is 48.9 Å². The van der Waals surface area contributed by atoms with Crippen molar-refractivity contribution < 1.29 is 9.59 Å². The average Bonchev–Trinajstić information content (AvgIpc) is 3.26. The van der Waals surface area contributed by atoms with Gasteiger partial charge in [-0.15, -0.1) is 0 Å². The van der Waals surface area contributed by atoms with Crippen molar-refractivity contribution in [2.75, 3.05) is 13.1 Å². The van der Waals surface area contributed by atoms with Crippen molar-refractivity contribution in [1.29, 1.82) is 0 Å². The Kier molecular flexibility index (Phi) is 4.58. The first-order valence-electron chi connectivity index (χ1n) is 9.13. The molecule has 1 saturated heterocycles. The monoisotopic (exact) mass is 363 g/mol. The number of carbonyl (C=O) groups is 2. The van der Waals surface area contributed by atoms with Crippen LogP contribution in [-0.2, 0) is 4.79 Å². The summed E-state index contributed by atoms with van der Waals surface area (Å²) in [4.78, 5) is 30.6. The summed E-state index contributed by atoms with van der Waals surface area (Å²) < 4.78 is 1.72. The van der Waals surface area contributed by atoms with Crippen molar-refractivity contribution in [3.63, 3.8) is 0 Å². The Bertz CT molecular complexity index is 979. The van der Waals surface area contributed by atoms with Crippen molar-refractivity contribution in [3.05, 3.63) is 54.5 Å². The van der Waals surface area contributed by atoms with Gasteiger partial charge in [0.05, 0.1) is 12.2 Å². The third-order valence-corrected chi connectivity index (χ3v) is 4.78. The van der Waals surface area contributed by atoms with Crippen LogP contribution in [0.5, 0.6) is 0 Å². The van der Waals surface area contributed by atoms with Crippen molar-refractivity contribution in [2.45, 2.75) is 25.8 Å². The van der Waals surface area contributed by atoms with E-state index in [1.54, 1.807) is 29.0 Å². The van der Waals surface area contributed by atoms with Gasteiger partial charge in [-0.2, -0.15) is 5.10 Å². The molecule has 138 valence electrons. The van der Waals surface area contributed by atoms with Crippen LogP contribution in [0.2, 0.25) is 0 Å². The molecule has 7 nitrogen and oxygen atoms in total. The molecule has 3 aromatic rings. The summed E-state index contributed by atoms with van der Waals surface area (Å²) in [5, 5.41) is 7.26. The zero-order valence-electron chi connectivity index (χ0n) is 15.1. The molecule has 7 heteroatoms. The molecule has 27 heavy (non-hydrogen) atoms. The van der Waals surface area contributed by atoms with Gasteiger partial charge in [0.25, 0.3) is 5.91 Å². The molecule has 1 aliphatic heterocycles. The van der Waals surface area contributed by atoms with Gasteiger partial charge in [0.2, 0.25) is 5.91 Å². The van der Waals surface area contributed by atoms with Gasteiger partial charge in [0.15, 0.2) is 5.65 Å². The number of rotatable bonds is 5. The lowest BCUT2D eigenvalue weighted by Gasteiger charge is -2.16. The zero-order valence-corrected chi connectivity index (χ0v) is 15.1. The fourth-order valence-electron chi connectivity index (χ4n) is 3.46. The Morgan fingerprint density at radius 3 is 2.89 bits per heavy atom. The number of benzene rings is 1. The SMILES string of the molecule is CCCN1CC(NC(=O)c2ccc(-c3cnn4cccnc34)cc2)CC1=O. The van der Waals surface area contributed by atoms with Gasteiger partial charge < -0.3 is 10.2 Å². The van der Waals surface area contributed by atoms with E-state index in [9.17, 15) is 9.59 Å². The molecular formula is C20H21N5O2. The van der Waals surface area contributed by atoms with Crippen LogP contribution < -0.4 is 5.32 Å².